The molecule has 0 nitrogen and oxygen atoms in total. The van der Waals surface area contributed by atoms with E-state index in [0.717, 1.165) is 23.7 Å². The number of hydrogen-bond donors (Lipinski definition) is 0. The Hall–Kier alpha value is 0.0900. The molecule has 1 heteroatoms. The average molecular weight is 293 g/mol. The van der Waals surface area contributed by atoms with E-state index in [4.69, 9.17) is 0 Å². The molecule has 0 N–H and O–H groups in total. The van der Waals surface area contributed by atoms with Crippen LogP contribution in [-0.2, 0) is 0 Å². The van der Waals surface area contributed by atoms with Crippen LogP contribution in [-0.4, -0.2) is 10.5 Å². The van der Waals surface area contributed by atoms with Gasteiger partial charge in [-0.15, -0.1) is 0 Å². The van der Waals surface area contributed by atoms with Gasteiger partial charge in [-0.2, -0.15) is 11.8 Å². The second kappa shape index (κ2) is 4.80. The summed E-state index contributed by atoms with van der Waals surface area (Å²) in [5.74, 6) is 5.44. The molecule has 0 aromatic heterocycles. The van der Waals surface area contributed by atoms with Crippen molar-refractivity contribution in [2.24, 2.45) is 35.0 Å². The molecule has 1 saturated heterocycles. The van der Waals surface area contributed by atoms with E-state index in [2.05, 4.69) is 53.0 Å². The molecule has 2 aliphatic carbocycles. The largest absolute Gasteiger partial charge is 0.154 e. The zero-order valence-corrected chi connectivity index (χ0v) is 14.9. The summed E-state index contributed by atoms with van der Waals surface area (Å²) in [5.41, 5.74) is 2.09. The minimum Gasteiger partial charge on any atom is -0.154 e. The van der Waals surface area contributed by atoms with Crippen molar-refractivity contribution >= 4 is 11.8 Å². The van der Waals surface area contributed by atoms with Gasteiger partial charge in [0.15, 0.2) is 0 Å². The van der Waals surface area contributed by atoms with Crippen LogP contribution in [0.2, 0.25) is 0 Å². The van der Waals surface area contributed by atoms with Gasteiger partial charge in [0, 0.05) is 10.5 Å². The fourth-order valence-electron chi connectivity index (χ4n) is 6.60. The lowest BCUT2D eigenvalue weighted by Crippen LogP contribution is -2.59. The second-order valence-corrected chi connectivity index (χ2v) is 10.2. The number of hydrogen-bond acceptors (Lipinski definition) is 1. The molecule has 3 rings (SSSR count). The molecule has 0 radical (unpaired) electrons. The van der Waals surface area contributed by atoms with E-state index in [9.17, 15) is 0 Å². The second-order valence-electron chi connectivity index (χ2n) is 8.62. The summed E-state index contributed by atoms with van der Waals surface area (Å²) in [6.45, 7) is 17.2. The predicted octanol–water partition coefficient (Wildman–Crippen LogP) is 5.78. The van der Waals surface area contributed by atoms with E-state index in [1.165, 1.54) is 31.4 Å². The normalized spacial score (nSPS) is 56.0. The summed E-state index contributed by atoms with van der Waals surface area (Å²) in [4.78, 5) is 0. The summed E-state index contributed by atoms with van der Waals surface area (Å²) in [6.07, 6.45) is 5.71. The van der Waals surface area contributed by atoms with Crippen LogP contribution in [0.25, 0.3) is 0 Å². The third-order valence-electron chi connectivity index (χ3n) is 7.03. The fraction of sp³-hybridized carbons (Fsp3) is 0.895. The highest BCUT2D eigenvalue weighted by Gasteiger charge is 2.60. The van der Waals surface area contributed by atoms with Crippen LogP contribution in [0, 0.1) is 35.0 Å². The van der Waals surface area contributed by atoms with Crippen molar-refractivity contribution in [2.75, 3.05) is 5.75 Å². The number of thioether (sulfide) groups is 1. The standard InChI is InChI=1S/C19H32S/c1-12-8-7-9-18(5)16(12)13(2)10-19(6)17(18)15(4)14(3)11-20-19/h12-14,16-17H,4,7-11H2,1-3,5-6H3. The lowest BCUT2D eigenvalue weighted by molar-refractivity contribution is -0.0672. The van der Waals surface area contributed by atoms with Crippen LogP contribution in [0.1, 0.15) is 60.3 Å². The zero-order chi connectivity index (χ0) is 14.7. The van der Waals surface area contributed by atoms with Gasteiger partial charge in [-0.25, -0.2) is 0 Å². The monoisotopic (exact) mass is 292 g/mol. The maximum Gasteiger partial charge on any atom is 0.0205 e. The summed E-state index contributed by atoms with van der Waals surface area (Å²) < 4.78 is 0.450. The van der Waals surface area contributed by atoms with E-state index in [-0.39, 0.29) is 0 Å². The SMILES string of the molecule is C=C1C(C)CSC2(C)CC(C)C3C(C)CCCC3(C)C12. The molecule has 7 atom stereocenters. The Morgan fingerprint density at radius 3 is 2.55 bits per heavy atom. The lowest BCUT2D eigenvalue weighted by Gasteiger charge is -2.64. The molecule has 0 aromatic rings. The fourth-order valence-corrected chi connectivity index (χ4v) is 8.41. The predicted molar refractivity (Wildman–Crippen MR) is 91.1 cm³/mol. The van der Waals surface area contributed by atoms with Gasteiger partial charge in [0.05, 0.1) is 0 Å². The Balaban J connectivity index is 2.06. The third-order valence-corrected chi connectivity index (χ3v) is 8.76. The minimum absolute atomic E-state index is 0.450. The van der Waals surface area contributed by atoms with Crippen LogP contribution in [0.5, 0.6) is 0 Å². The van der Waals surface area contributed by atoms with Crippen molar-refractivity contribution in [3.63, 3.8) is 0 Å². The minimum atomic E-state index is 0.450. The number of fused-ring (bicyclic) bond motifs is 3. The summed E-state index contributed by atoms with van der Waals surface area (Å²) in [5, 5.41) is 0. The quantitative estimate of drug-likeness (QED) is 0.510. The molecule has 3 fully saturated rings. The Morgan fingerprint density at radius 1 is 1.15 bits per heavy atom. The first-order chi connectivity index (χ1) is 9.29. The van der Waals surface area contributed by atoms with Crippen molar-refractivity contribution in [1.29, 1.82) is 0 Å². The molecule has 2 saturated carbocycles. The van der Waals surface area contributed by atoms with Crippen molar-refractivity contribution in [3.05, 3.63) is 12.2 Å². The molecule has 114 valence electrons. The first kappa shape index (κ1) is 15.0. The third kappa shape index (κ3) is 1.95. The van der Waals surface area contributed by atoms with Gasteiger partial charge < -0.3 is 0 Å². The molecule has 1 aliphatic heterocycles. The Morgan fingerprint density at radius 2 is 1.85 bits per heavy atom. The van der Waals surface area contributed by atoms with Gasteiger partial charge in [0.2, 0.25) is 0 Å². The maximum absolute atomic E-state index is 4.60. The Kier molecular flexibility index (Phi) is 3.60. The Labute approximate surface area is 130 Å². The van der Waals surface area contributed by atoms with Gasteiger partial charge in [-0.3, -0.25) is 0 Å². The summed E-state index contributed by atoms with van der Waals surface area (Å²) in [6, 6.07) is 0. The lowest BCUT2D eigenvalue weighted by atomic mass is 9.45. The maximum atomic E-state index is 4.60. The van der Waals surface area contributed by atoms with Crippen molar-refractivity contribution < 1.29 is 0 Å². The average Bonchev–Trinajstić information content (AvgIpc) is 2.33. The number of rotatable bonds is 0. The molecule has 7 unspecified atom stereocenters. The summed E-state index contributed by atoms with van der Waals surface area (Å²) in [7, 11) is 0. The van der Waals surface area contributed by atoms with Crippen LogP contribution in [0.15, 0.2) is 12.2 Å². The first-order valence-electron chi connectivity index (χ1n) is 8.62. The molecule has 0 spiro atoms. The first-order valence-corrected chi connectivity index (χ1v) is 9.61. The number of allylic oxidation sites excluding steroid dienone is 1. The van der Waals surface area contributed by atoms with E-state index in [1.54, 1.807) is 5.57 Å². The molecule has 20 heavy (non-hydrogen) atoms. The van der Waals surface area contributed by atoms with E-state index >= 15 is 0 Å². The van der Waals surface area contributed by atoms with Crippen LogP contribution in [0.4, 0.5) is 0 Å². The highest BCUT2D eigenvalue weighted by Crippen LogP contribution is 2.67. The van der Waals surface area contributed by atoms with Crippen LogP contribution < -0.4 is 0 Å². The zero-order valence-electron chi connectivity index (χ0n) is 14.0. The van der Waals surface area contributed by atoms with E-state index in [1.807, 2.05) is 0 Å². The molecule has 0 bridgehead atoms. The smallest absolute Gasteiger partial charge is 0.0205 e. The molecular weight excluding hydrogens is 260 g/mol. The van der Waals surface area contributed by atoms with Crippen LogP contribution >= 0.6 is 11.8 Å². The molecular formula is C19H32S. The molecule has 0 amide bonds. The van der Waals surface area contributed by atoms with E-state index < -0.39 is 0 Å². The van der Waals surface area contributed by atoms with Crippen molar-refractivity contribution in [3.8, 4) is 0 Å². The molecule has 3 aliphatic rings. The highest BCUT2D eigenvalue weighted by molar-refractivity contribution is 8.00. The van der Waals surface area contributed by atoms with Gasteiger partial charge in [-0.1, -0.05) is 52.7 Å². The van der Waals surface area contributed by atoms with E-state index in [0.29, 0.717) is 16.1 Å². The molecule has 0 aromatic carbocycles. The van der Waals surface area contributed by atoms with Crippen LogP contribution in [0.3, 0.4) is 0 Å². The van der Waals surface area contributed by atoms with Gasteiger partial charge in [0.1, 0.15) is 0 Å². The van der Waals surface area contributed by atoms with Crippen molar-refractivity contribution in [1.82, 2.24) is 0 Å². The van der Waals surface area contributed by atoms with Gasteiger partial charge in [-0.05, 0) is 54.8 Å². The molecule has 1 heterocycles. The topological polar surface area (TPSA) is 0 Å². The summed E-state index contributed by atoms with van der Waals surface area (Å²) >= 11 is 2.26. The van der Waals surface area contributed by atoms with Gasteiger partial charge in [0.25, 0.3) is 0 Å². The van der Waals surface area contributed by atoms with Crippen molar-refractivity contribution in [2.45, 2.75) is 65.0 Å². The highest BCUT2D eigenvalue weighted by atomic mass is 32.2. The van der Waals surface area contributed by atoms with Gasteiger partial charge >= 0.3 is 0 Å². The Bertz CT molecular complexity index is 414.